The van der Waals surface area contributed by atoms with Gasteiger partial charge in [0.2, 0.25) is 15.9 Å². The van der Waals surface area contributed by atoms with E-state index in [1.165, 1.54) is 12.1 Å². The van der Waals surface area contributed by atoms with E-state index in [1.54, 1.807) is 30.9 Å². The summed E-state index contributed by atoms with van der Waals surface area (Å²) in [6.07, 6.45) is 0. The first-order valence-electron chi connectivity index (χ1n) is 8.62. The Kier molecular flexibility index (Phi) is 4.60. The van der Waals surface area contributed by atoms with Crippen LogP contribution in [0.15, 0.2) is 24.3 Å². The summed E-state index contributed by atoms with van der Waals surface area (Å²) >= 11 is 0. The van der Waals surface area contributed by atoms with E-state index in [2.05, 4.69) is 0 Å². The molecule has 7 nitrogen and oxygen atoms in total. The number of carbonyl (C=O) groups excluding carboxylic acids is 2. The number of rotatable bonds is 2. The Morgan fingerprint density at radius 3 is 2.12 bits per heavy atom. The maximum Gasteiger partial charge on any atom is 0.254 e. The monoisotopic (exact) mass is 380 g/mol. The van der Waals surface area contributed by atoms with Gasteiger partial charge in [-0.3, -0.25) is 9.59 Å². The number of sulfonamides is 1. The van der Waals surface area contributed by atoms with E-state index in [9.17, 15) is 18.0 Å². The number of nitrogens with zero attached hydrogens (tertiary/aromatic N) is 2. The van der Waals surface area contributed by atoms with Crippen LogP contribution in [0.5, 0.6) is 0 Å². The molecule has 0 bridgehead atoms. The molecule has 2 heterocycles. The summed E-state index contributed by atoms with van der Waals surface area (Å²) in [7, 11) is -3.70. The highest BCUT2D eigenvalue weighted by Crippen LogP contribution is 2.35. The summed E-state index contributed by atoms with van der Waals surface area (Å²) in [5.74, 6) is -0.801. The minimum atomic E-state index is -3.70. The largest absolute Gasteiger partial charge is 0.377 e. The van der Waals surface area contributed by atoms with Crippen molar-refractivity contribution in [2.24, 2.45) is 5.41 Å². The Balaban J connectivity index is 1.87. The molecule has 3 rings (SSSR count). The molecule has 0 radical (unpaired) electrons. The second-order valence-electron chi connectivity index (χ2n) is 7.70. The topological polar surface area (TPSA) is 84.0 Å². The predicted molar refractivity (Wildman–Crippen MR) is 97.4 cm³/mol. The van der Waals surface area contributed by atoms with Gasteiger partial charge in [0.1, 0.15) is 0 Å². The van der Waals surface area contributed by atoms with Crippen molar-refractivity contribution in [3.63, 3.8) is 0 Å². The van der Waals surface area contributed by atoms with Gasteiger partial charge in [0.25, 0.3) is 5.91 Å². The highest BCUT2D eigenvalue weighted by Gasteiger charge is 2.49. The molecule has 0 aliphatic carbocycles. The lowest BCUT2D eigenvalue weighted by atomic mass is 9.95. The van der Waals surface area contributed by atoms with Crippen LogP contribution in [0, 0.1) is 5.41 Å². The molecule has 0 N–H and O–H groups in total. The Morgan fingerprint density at radius 2 is 1.65 bits per heavy atom. The third-order valence-electron chi connectivity index (χ3n) is 4.84. The maximum atomic E-state index is 12.8. The summed E-state index contributed by atoms with van der Waals surface area (Å²) < 4.78 is 31.0. The molecule has 0 spiro atoms. The van der Waals surface area contributed by atoms with Gasteiger partial charge in [-0.25, -0.2) is 12.7 Å². The molecular formula is C18H24N2O5S. The van der Waals surface area contributed by atoms with E-state index in [0.717, 1.165) is 4.31 Å². The first-order valence-corrected chi connectivity index (χ1v) is 10.2. The van der Waals surface area contributed by atoms with Crippen LogP contribution in [0.2, 0.25) is 0 Å². The fourth-order valence-electron chi connectivity index (χ4n) is 3.55. The average molecular weight is 380 g/mol. The van der Waals surface area contributed by atoms with Crippen molar-refractivity contribution in [3.8, 4) is 0 Å². The van der Waals surface area contributed by atoms with Gasteiger partial charge < -0.3 is 9.64 Å². The van der Waals surface area contributed by atoms with Crippen molar-refractivity contribution < 1.29 is 22.7 Å². The van der Waals surface area contributed by atoms with Crippen LogP contribution < -0.4 is 4.31 Å². The molecule has 1 aromatic carbocycles. The number of hydrogen-bond donors (Lipinski definition) is 0. The maximum absolute atomic E-state index is 12.8. The lowest BCUT2D eigenvalue weighted by Gasteiger charge is -2.38. The average Bonchev–Trinajstić information content (AvgIpc) is 2.70. The van der Waals surface area contributed by atoms with Crippen molar-refractivity contribution >= 4 is 27.5 Å². The van der Waals surface area contributed by atoms with Crippen LogP contribution in [0.1, 0.15) is 38.1 Å². The van der Waals surface area contributed by atoms with E-state index in [-0.39, 0.29) is 29.4 Å². The van der Waals surface area contributed by atoms with Gasteiger partial charge in [-0.15, -0.1) is 0 Å². The molecular weight excluding hydrogens is 356 g/mol. The van der Waals surface area contributed by atoms with Crippen molar-refractivity contribution in [2.75, 3.05) is 23.3 Å². The molecule has 142 valence electrons. The molecule has 26 heavy (non-hydrogen) atoms. The summed E-state index contributed by atoms with van der Waals surface area (Å²) in [5.41, 5.74) is -0.232. The predicted octanol–water partition coefficient (Wildman–Crippen LogP) is 1.64. The summed E-state index contributed by atoms with van der Waals surface area (Å²) in [4.78, 5) is 27.0. The lowest BCUT2D eigenvalue weighted by Crippen LogP contribution is -2.52. The van der Waals surface area contributed by atoms with Gasteiger partial charge in [0.05, 0.1) is 42.2 Å². The first-order chi connectivity index (χ1) is 12.0. The van der Waals surface area contributed by atoms with E-state index in [0.29, 0.717) is 18.8 Å². The second-order valence-corrected chi connectivity index (χ2v) is 9.52. The zero-order valence-electron chi connectivity index (χ0n) is 15.4. The van der Waals surface area contributed by atoms with Crippen LogP contribution in [0.25, 0.3) is 0 Å². The van der Waals surface area contributed by atoms with Gasteiger partial charge in [-0.05, 0) is 52.0 Å². The Labute approximate surface area is 154 Å². The van der Waals surface area contributed by atoms with Gasteiger partial charge in [0.15, 0.2) is 0 Å². The third-order valence-corrected chi connectivity index (χ3v) is 6.86. The Morgan fingerprint density at radius 1 is 1.12 bits per heavy atom. The number of hydrogen-bond acceptors (Lipinski definition) is 5. The van der Waals surface area contributed by atoms with Crippen molar-refractivity contribution in [3.05, 3.63) is 29.8 Å². The number of ether oxygens (including phenoxy) is 1. The van der Waals surface area contributed by atoms with Crippen molar-refractivity contribution in [2.45, 2.75) is 39.8 Å². The smallest absolute Gasteiger partial charge is 0.254 e. The van der Waals surface area contributed by atoms with Crippen LogP contribution in [0.4, 0.5) is 5.69 Å². The molecule has 0 saturated carbocycles. The van der Waals surface area contributed by atoms with Crippen LogP contribution in [-0.2, 0) is 19.6 Å². The molecule has 2 fully saturated rings. The summed E-state index contributed by atoms with van der Waals surface area (Å²) in [5, 5.41) is 0. The van der Waals surface area contributed by atoms with E-state index in [1.807, 2.05) is 13.8 Å². The van der Waals surface area contributed by atoms with Gasteiger partial charge in [-0.2, -0.15) is 0 Å². The zero-order valence-corrected chi connectivity index (χ0v) is 16.2. The molecule has 2 amide bonds. The number of morpholine rings is 1. The molecule has 0 aromatic heterocycles. The quantitative estimate of drug-likeness (QED) is 0.779. The minimum Gasteiger partial charge on any atom is -0.377 e. The Bertz CT molecular complexity index is 822. The molecule has 2 aliphatic rings. The fraction of sp³-hybridized carbons (Fsp3) is 0.556. The lowest BCUT2D eigenvalue weighted by molar-refractivity contribution is -0.123. The van der Waals surface area contributed by atoms with Gasteiger partial charge >= 0.3 is 0 Å². The molecule has 2 aliphatic heterocycles. The molecule has 2 saturated heterocycles. The van der Waals surface area contributed by atoms with E-state index >= 15 is 0 Å². The highest BCUT2D eigenvalue weighted by atomic mass is 32.2. The molecule has 1 aromatic rings. The van der Waals surface area contributed by atoms with Crippen LogP contribution in [-0.4, -0.2) is 56.2 Å². The number of anilines is 1. The van der Waals surface area contributed by atoms with Crippen molar-refractivity contribution in [1.29, 1.82) is 0 Å². The fourth-order valence-corrected chi connectivity index (χ4v) is 5.66. The van der Waals surface area contributed by atoms with Crippen molar-refractivity contribution in [1.82, 2.24) is 4.90 Å². The van der Waals surface area contributed by atoms with Gasteiger partial charge in [-0.1, -0.05) is 0 Å². The zero-order chi connectivity index (χ0) is 19.3. The van der Waals surface area contributed by atoms with Gasteiger partial charge in [0, 0.05) is 5.56 Å². The summed E-state index contributed by atoms with van der Waals surface area (Å²) in [6, 6.07) is 6.10. The molecule has 2 unspecified atom stereocenters. The first kappa shape index (κ1) is 18.8. The number of carbonyl (C=O) groups is 2. The highest BCUT2D eigenvalue weighted by molar-refractivity contribution is 7.94. The van der Waals surface area contributed by atoms with E-state index in [4.69, 9.17) is 4.74 Å². The van der Waals surface area contributed by atoms with E-state index < -0.39 is 21.3 Å². The normalized spacial score (nSPS) is 27.6. The van der Waals surface area contributed by atoms with Crippen LogP contribution in [0.3, 0.4) is 0 Å². The molecule has 2 atom stereocenters. The Hall–Kier alpha value is -1.93. The number of amides is 2. The van der Waals surface area contributed by atoms with Crippen LogP contribution >= 0.6 is 0 Å². The second kappa shape index (κ2) is 6.35. The molecule has 8 heteroatoms. The SMILES string of the molecule is CC1COCC(C)N1C(=O)c1ccc(N2C(=O)C(C)(C)CS2(=O)=O)cc1. The number of benzene rings is 1. The third kappa shape index (κ3) is 3.12. The minimum absolute atomic E-state index is 0.0349. The summed E-state index contributed by atoms with van der Waals surface area (Å²) in [6.45, 7) is 8.07. The standard InChI is InChI=1S/C18H24N2O5S/c1-12-9-25-10-13(2)19(12)16(21)14-5-7-15(8-6-14)20-17(22)18(3,4)11-26(20,23)24/h5-8,12-13H,9-11H2,1-4H3.